The summed E-state index contributed by atoms with van der Waals surface area (Å²) in [5.74, 6) is 0.419. The van der Waals surface area contributed by atoms with Crippen LogP contribution in [0, 0.1) is 11.7 Å². The molecule has 7 heteroatoms. The van der Waals surface area contributed by atoms with Crippen LogP contribution >= 0.6 is 0 Å². The van der Waals surface area contributed by atoms with Gasteiger partial charge in [0, 0.05) is 13.2 Å². The van der Waals surface area contributed by atoms with Crippen LogP contribution in [0.15, 0.2) is 48.5 Å². The zero-order valence-corrected chi connectivity index (χ0v) is 18.8. The minimum Gasteiger partial charge on any atom is -0.489 e. The van der Waals surface area contributed by atoms with Crippen molar-refractivity contribution in [3.8, 4) is 5.75 Å². The molecule has 6 nitrogen and oxygen atoms in total. The zero-order valence-electron chi connectivity index (χ0n) is 18.8. The number of nitrogens with one attached hydrogen (secondary N) is 1. The Hall–Kier alpha value is -2.64. The van der Waals surface area contributed by atoms with Crippen LogP contribution in [-0.2, 0) is 4.74 Å². The van der Waals surface area contributed by atoms with Crippen molar-refractivity contribution in [2.45, 2.75) is 45.3 Å². The van der Waals surface area contributed by atoms with E-state index in [1.807, 2.05) is 32.0 Å². The van der Waals surface area contributed by atoms with Crippen LogP contribution in [0.5, 0.6) is 5.75 Å². The summed E-state index contributed by atoms with van der Waals surface area (Å²) in [5.41, 5.74) is 1.13. The topological polar surface area (TPSA) is 71.0 Å². The first-order chi connectivity index (χ1) is 15.4. The second-order valence-electron chi connectivity index (χ2n) is 8.59. The second kappa shape index (κ2) is 11.8. The lowest BCUT2D eigenvalue weighted by Gasteiger charge is -2.28. The number of rotatable bonds is 9. The fourth-order valence-electron chi connectivity index (χ4n) is 3.69. The third kappa shape index (κ3) is 7.21. The normalized spacial score (nSPS) is 17.1. The van der Waals surface area contributed by atoms with Gasteiger partial charge in [-0.2, -0.15) is 0 Å². The summed E-state index contributed by atoms with van der Waals surface area (Å²) in [6.45, 7) is 5.76. The molecule has 2 amide bonds. The van der Waals surface area contributed by atoms with Gasteiger partial charge in [0.05, 0.1) is 24.4 Å². The van der Waals surface area contributed by atoms with Crippen LogP contribution in [0.3, 0.4) is 0 Å². The molecular formula is C25H33FN2O4. The number of aliphatic hydroxyl groups excluding tert-OH is 1. The molecule has 2 aromatic carbocycles. The highest BCUT2D eigenvalue weighted by molar-refractivity contribution is 5.91. The molecule has 0 aromatic heterocycles. The van der Waals surface area contributed by atoms with Gasteiger partial charge in [-0.1, -0.05) is 38.1 Å². The van der Waals surface area contributed by atoms with Gasteiger partial charge in [-0.25, -0.2) is 9.18 Å². The number of aliphatic hydroxyl groups is 1. The maximum Gasteiger partial charge on any atom is 0.322 e. The maximum atomic E-state index is 13.2. The molecule has 1 heterocycles. The first-order valence-corrected chi connectivity index (χ1v) is 11.2. The van der Waals surface area contributed by atoms with Gasteiger partial charge in [-0.05, 0) is 55.0 Å². The van der Waals surface area contributed by atoms with E-state index in [2.05, 4.69) is 5.32 Å². The van der Waals surface area contributed by atoms with Gasteiger partial charge in [0.2, 0.25) is 0 Å². The average molecular weight is 445 g/mol. The van der Waals surface area contributed by atoms with E-state index in [1.54, 1.807) is 11.0 Å². The molecule has 0 spiro atoms. The van der Waals surface area contributed by atoms with Gasteiger partial charge in [-0.15, -0.1) is 0 Å². The molecule has 174 valence electrons. The Balaban J connectivity index is 1.65. The monoisotopic (exact) mass is 444 g/mol. The molecule has 2 aromatic rings. The molecule has 0 saturated carbocycles. The first kappa shape index (κ1) is 24.0. The van der Waals surface area contributed by atoms with Crippen molar-refractivity contribution < 1.29 is 23.8 Å². The lowest BCUT2D eigenvalue weighted by Crippen LogP contribution is -2.40. The molecule has 0 aliphatic carbocycles. The molecule has 2 atom stereocenters. The van der Waals surface area contributed by atoms with Crippen molar-refractivity contribution in [2.75, 3.05) is 31.6 Å². The molecule has 0 unspecified atom stereocenters. The maximum absolute atomic E-state index is 13.2. The highest BCUT2D eigenvalue weighted by atomic mass is 19.1. The van der Waals surface area contributed by atoms with Gasteiger partial charge in [0.25, 0.3) is 0 Å². The molecular weight excluding hydrogens is 411 g/mol. The Kier molecular flexibility index (Phi) is 8.88. The summed E-state index contributed by atoms with van der Waals surface area (Å²) in [7, 11) is 0. The number of amides is 2. The minimum absolute atomic E-state index is 0.0656. The number of hydrogen-bond donors (Lipinski definition) is 2. The number of halogens is 1. The minimum atomic E-state index is -0.921. The molecule has 0 radical (unpaired) electrons. The Morgan fingerprint density at radius 1 is 1.19 bits per heavy atom. The Morgan fingerprint density at radius 2 is 1.94 bits per heavy atom. The van der Waals surface area contributed by atoms with Crippen molar-refractivity contribution in [3.05, 3.63) is 59.9 Å². The average Bonchev–Trinajstić information content (AvgIpc) is 2.79. The standard InChI is InChI=1S/C25H33FN2O4/c1-18(2)15-28(16-23(29)19-10-12-20(26)13-11-19)25(30)27-22-8-3-4-9-24(22)32-17-21-7-5-6-14-31-21/h3-4,8-13,18,21,23,29H,5-7,14-17H2,1-2H3,(H,27,30)/t21-,23-/m0/s1. The predicted molar refractivity (Wildman–Crippen MR) is 122 cm³/mol. The Labute approximate surface area is 189 Å². The Morgan fingerprint density at radius 3 is 2.62 bits per heavy atom. The molecule has 1 saturated heterocycles. The van der Waals surface area contributed by atoms with Crippen molar-refractivity contribution in [1.82, 2.24) is 4.90 Å². The van der Waals surface area contributed by atoms with E-state index in [1.165, 1.54) is 24.3 Å². The summed E-state index contributed by atoms with van der Waals surface area (Å²) < 4.78 is 24.9. The number of ether oxygens (including phenoxy) is 2. The number of carbonyl (C=O) groups excluding carboxylic acids is 1. The van der Waals surface area contributed by atoms with Gasteiger partial charge in [0.1, 0.15) is 18.2 Å². The third-order valence-corrected chi connectivity index (χ3v) is 5.35. The van der Waals surface area contributed by atoms with Crippen LogP contribution in [0.25, 0.3) is 0 Å². The predicted octanol–water partition coefficient (Wildman–Crippen LogP) is 5.00. The molecule has 2 N–H and O–H groups in total. The molecule has 1 fully saturated rings. The Bertz CT molecular complexity index is 853. The summed E-state index contributed by atoms with van der Waals surface area (Å²) in [6, 6.07) is 12.6. The smallest absolute Gasteiger partial charge is 0.322 e. The lowest BCUT2D eigenvalue weighted by atomic mass is 10.1. The number of anilines is 1. The highest BCUT2D eigenvalue weighted by Gasteiger charge is 2.21. The number of nitrogens with zero attached hydrogens (tertiary/aromatic N) is 1. The molecule has 1 aliphatic heterocycles. The lowest BCUT2D eigenvalue weighted by molar-refractivity contribution is -0.0109. The third-order valence-electron chi connectivity index (χ3n) is 5.35. The summed E-state index contributed by atoms with van der Waals surface area (Å²) >= 11 is 0. The van der Waals surface area contributed by atoms with Crippen molar-refractivity contribution in [3.63, 3.8) is 0 Å². The van der Waals surface area contributed by atoms with E-state index >= 15 is 0 Å². The van der Waals surface area contributed by atoms with Crippen molar-refractivity contribution >= 4 is 11.7 Å². The molecule has 0 bridgehead atoms. The number of para-hydroxylation sites is 2. The molecule has 3 rings (SSSR count). The summed E-state index contributed by atoms with van der Waals surface area (Å²) in [4.78, 5) is 14.7. The zero-order chi connectivity index (χ0) is 22.9. The van der Waals surface area contributed by atoms with Crippen LogP contribution in [0.2, 0.25) is 0 Å². The second-order valence-corrected chi connectivity index (χ2v) is 8.59. The van der Waals surface area contributed by atoms with Gasteiger partial charge in [0.15, 0.2) is 0 Å². The largest absolute Gasteiger partial charge is 0.489 e. The van der Waals surface area contributed by atoms with E-state index in [0.29, 0.717) is 30.2 Å². The number of carbonyl (C=O) groups is 1. The van der Waals surface area contributed by atoms with Crippen molar-refractivity contribution in [1.29, 1.82) is 0 Å². The van der Waals surface area contributed by atoms with Crippen LogP contribution in [-0.4, -0.2) is 48.4 Å². The number of urea groups is 1. The van der Waals surface area contributed by atoms with E-state index < -0.39 is 6.10 Å². The summed E-state index contributed by atoms with van der Waals surface area (Å²) in [5, 5.41) is 13.5. The van der Waals surface area contributed by atoms with Gasteiger partial charge in [-0.3, -0.25) is 0 Å². The van der Waals surface area contributed by atoms with Gasteiger partial charge >= 0.3 is 6.03 Å². The van der Waals surface area contributed by atoms with Crippen molar-refractivity contribution in [2.24, 2.45) is 5.92 Å². The quantitative estimate of drug-likeness (QED) is 0.571. The van der Waals surface area contributed by atoms with Crippen LogP contribution < -0.4 is 10.1 Å². The highest BCUT2D eigenvalue weighted by Crippen LogP contribution is 2.26. The van der Waals surface area contributed by atoms with E-state index in [9.17, 15) is 14.3 Å². The number of benzene rings is 2. The molecule has 32 heavy (non-hydrogen) atoms. The number of hydrogen-bond acceptors (Lipinski definition) is 4. The fraction of sp³-hybridized carbons (Fsp3) is 0.480. The molecule has 1 aliphatic rings. The first-order valence-electron chi connectivity index (χ1n) is 11.2. The van der Waals surface area contributed by atoms with E-state index in [0.717, 1.165) is 25.9 Å². The van der Waals surface area contributed by atoms with Gasteiger partial charge < -0.3 is 24.8 Å². The fourth-order valence-corrected chi connectivity index (χ4v) is 3.69. The van der Waals surface area contributed by atoms with E-state index in [4.69, 9.17) is 9.47 Å². The summed E-state index contributed by atoms with van der Waals surface area (Å²) in [6.07, 6.45) is 2.33. The van der Waals surface area contributed by atoms with Crippen LogP contribution in [0.1, 0.15) is 44.8 Å². The van der Waals surface area contributed by atoms with Crippen LogP contribution in [0.4, 0.5) is 14.9 Å². The SMILES string of the molecule is CC(C)CN(C[C@H](O)c1ccc(F)cc1)C(=O)Nc1ccccc1OC[C@@H]1CCCCO1. The van der Waals surface area contributed by atoms with E-state index in [-0.39, 0.29) is 30.4 Å².